The molecule has 0 heterocycles. The number of aromatic hydroxyl groups is 1. The number of phenols is 1. The average molecular weight is 199 g/mol. The Morgan fingerprint density at radius 2 is 2.14 bits per heavy atom. The van der Waals surface area contributed by atoms with Crippen molar-refractivity contribution in [1.29, 1.82) is 0 Å². The van der Waals surface area contributed by atoms with Gasteiger partial charge in [0, 0.05) is 5.56 Å². The maximum Gasteiger partial charge on any atom is 0.328 e. The summed E-state index contributed by atoms with van der Waals surface area (Å²) in [6, 6.07) is 3.00. The van der Waals surface area contributed by atoms with E-state index in [1.54, 1.807) is 0 Å². The normalized spacial score (nSPS) is 14.8. The highest BCUT2D eigenvalue weighted by Crippen LogP contribution is 2.27. The Balaban J connectivity index is 3.31. The molecule has 0 saturated carbocycles. The molecule has 5 heteroatoms. The number of carboxylic acids is 1. The molecule has 0 aliphatic rings. The van der Waals surface area contributed by atoms with Crippen LogP contribution in [0.25, 0.3) is 0 Å². The number of hydrogen-bond acceptors (Lipinski definition) is 3. The molecule has 76 valence electrons. The van der Waals surface area contributed by atoms with E-state index < -0.39 is 17.3 Å². The van der Waals surface area contributed by atoms with E-state index in [1.807, 2.05) is 0 Å². The van der Waals surface area contributed by atoms with Gasteiger partial charge in [0.1, 0.15) is 17.1 Å². The van der Waals surface area contributed by atoms with E-state index in [0.29, 0.717) is 0 Å². The number of nitrogens with two attached hydrogens (primary N) is 1. The Kier molecular flexibility index (Phi) is 2.44. The van der Waals surface area contributed by atoms with Crippen molar-refractivity contribution in [3.8, 4) is 5.75 Å². The van der Waals surface area contributed by atoms with Crippen molar-refractivity contribution in [1.82, 2.24) is 0 Å². The standard InChI is InChI=1S/C9H10FNO3/c1-9(11,8(13)14)6-4-5(10)2-3-7(6)12/h2-4,12H,11H2,1H3,(H,13,14)/t9-/m1/s1. The van der Waals surface area contributed by atoms with E-state index in [-0.39, 0.29) is 11.3 Å². The number of carboxylic acid groups (broad SMARTS) is 1. The Morgan fingerprint density at radius 3 is 2.64 bits per heavy atom. The highest BCUT2D eigenvalue weighted by molar-refractivity contribution is 5.80. The van der Waals surface area contributed by atoms with Gasteiger partial charge in [-0.1, -0.05) is 0 Å². The van der Waals surface area contributed by atoms with Crippen LogP contribution in [0.4, 0.5) is 4.39 Å². The first kappa shape index (κ1) is 10.5. The van der Waals surface area contributed by atoms with E-state index in [2.05, 4.69) is 0 Å². The van der Waals surface area contributed by atoms with Crippen LogP contribution in [0.15, 0.2) is 18.2 Å². The van der Waals surface area contributed by atoms with Gasteiger partial charge in [-0.3, -0.25) is 0 Å². The molecule has 0 aromatic heterocycles. The van der Waals surface area contributed by atoms with Crippen molar-refractivity contribution in [3.63, 3.8) is 0 Å². The number of carbonyl (C=O) groups is 1. The molecular weight excluding hydrogens is 189 g/mol. The van der Waals surface area contributed by atoms with Crippen LogP contribution in [0, 0.1) is 5.82 Å². The molecule has 0 saturated heterocycles. The highest BCUT2D eigenvalue weighted by Gasteiger charge is 2.33. The fourth-order valence-electron chi connectivity index (χ4n) is 1.04. The van der Waals surface area contributed by atoms with Gasteiger partial charge in [-0.15, -0.1) is 0 Å². The van der Waals surface area contributed by atoms with Crippen LogP contribution in [-0.4, -0.2) is 16.2 Å². The zero-order valence-corrected chi connectivity index (χ0v) is 7.49. The second-order valence-corrected chi connectivity index (χ2v) is 3.17. The highest BCUT2D eigenvalue weighted by atomic mass is 19.1. The summed E-state index contributed by atoms with van der Waals surface area (Å²) < 4.78 is 12.8. The van der Waals surface area contributed by atoms with Crippen molar-refractivity contribution in [2.24, 2.45) is 5.73 Å². The summed E-state index contributed by atoms with van der Waals surface area (Å²) in [5.74, 6) is -2.31. The third-order valence-electron chi connectivity index (χ3n) is 1.96. The SMILES string of the molecule is C[C@](N)(C(=O)O)c1cc(F)ccc1O. The number of hydrogen-bond donors (Lipinski definition) is 3. The molecule has 4 nitrogen and oxygen atoms in total. The van der Waals surface area contributed by atoms with E-state index in [1.165, 1.54) is 6.92 Å². The third kappa shape index (κ3) is 1.67. The second kappa shape index (κ2) is 3.26. The summed E-state index contributed by atoms with van der Waals surface area (Å²) in [6.07, 6.45) is 0. The Labute approximate surface area is 79.8 Å². The lowest BCUT2D eigenvalue weighted by molar-refractivity contribution is -0.143. The van der Waals surface area contributed by atoms with Crippen LogP contribution in [-0.2, 0) is 10.3 Å². The van der Waals surface area contributed by atoms with E-state index in [9.17, 15) is 14.3 Å². The predicted octanol–water partition coefficient (Wildman–Crippen LogP) is 0.790. The van der Waals surface area contributed by atoms with Gasteiger partial charge in [-0.25, -0.2) is 9.18 Å². The minimum atomic E-state index is -1.80. The molecule has 0 aliphatic heterocycles. The predicted molar refractivity (Wildman–Crippen MR) is 47.2 cm³/mol. The number of halogens is 1. The number of rotatable bonds is 2. The number of aliphatic carboxylic acids is 1. The quantitative estimate of drug-likeness (QED) is 0.657. The molecular formula is C9H10FNO3. The maximum atomic E-state index is 12.8. The van der Waals surface area contributed by atoms with Crippen LogP contribution < -0.4 is 5.73 Å². The van der Waals surface area contributed by atoms with Crippen LogP contribution in [0.2, 0.25) is 0 Å². The maximum absolute atomic E-state index is 12.8. The largest absolute Gasteiger partial charge is 0.508 e. The summed E-state index contributed by atoms with van der Waals surface area (Å²) in [6.45, 7) is 1.18. The third-order valence-corrected chi connectivity index (χ3v) is 1.96. The van der Waals surface area contributed by atoms with Gasteiger partial charge in [-0.2, -0.15) is 0 Å². The molecule has 1 atom stereocenters. The second-order valence-electron chi connectivity index (χ2n) is 3.17. The molecule has 0 aliphatic carbocycles. The van der Waals surface area contributed by atoms with Crippen LogP contribution in [0.1, 0.15) is 12.5 Å². The summed E-state index contributed by atoms with van der Waals surface area (Å²) in [5, 5.41) is 18.1. The van der Waals surface area contributed by atoms with E-state index in [0.717, 1.165) is 18.2 Å². The topological polar surface area (TPSA) is 83.6 Å². The smallest absolute Gasteiger partial charge is 0.328 e. The van der Waals surface area contributed by atoms with Crippen molar-refractivity contribution in [2.45, 2.75) is 12.5 Å². The molecule has 0 spiro atoms. The van der Waals surface area contributed by atoms with Gasteiger partial charge in [0.15, 0.2) is 0 Å². The fourth-order valence-corrected chi connectivity index (χ4v) is 1.04. The van der Waals surface area contributed by atoms with Gasteiger partial charge < -0.3 is 15.9 Å². The Bertz CT molecular complexity index is 376. The van der Waals surface area contributed by atoms with Crippen LogP contribution in [0.3, 0.4) is 0 Å². The lowest BCUT2D eigenvalue weighted by atomic mass is 9.92. The van der Waals surface area contributed by atoms with Gasteiger partial charge >= 0.3 is 5.97 Å². The molecule has 0 radical (unpaired) electrons. The minimum absolute atomic E-state index is 0.148. The van der Waals surface area contributed by atoms with Gasteiger partial charge in [0.2, 0.25) is 0 Å². The first-order valence-electron chi connectivity index (χ1n) is 3.87. The van der Waals surface area contributed by atoms with Crippen molar-refractivity contribution in [3.05, 3.63) is 29.6 Å². The Morgan fingerprint density at radius 1 is 1.57 bits per heavy atom. The molecule has 0 fully saturated rings. The molecule has 1 rings (SSSR count). The van der Waals surface area contributed by atoms with Crippen molar-refractivity contribution in [2.75, 3.05) is 0 Å². The minimum Gasteiger partial charge on any atom is -0.508 e. The molecule has 1 aromatic rings. The van der Waals surface area contributed by atoms with E-state index >= 15 is 0 Å². The van der Waals surface area contributed by atoms with Crippen LogP contribution in [0.5, 0.6) is 5.75 Å². The molecule has 0 bridgehead atoms. The number of phenolic OH excluding ortho intramolecular Hbond substituents is 1. The van der Waals surface area contributed by atoms with Gasteiger partial charge in [0.05, 0.1) is 0 Å². The molecule has 14 heavy (non-hydrogen) atoms. The van der Waals surface area contributed by atoms with E-state index in [4.69, 9.17) is 10.8 Å². The molecule has 0 unspecified atom stereocenters. The summed E-state index contributed by atoms with van der Waals surface area (Å²) >= 11 is 0. The molecule has 4 N–H and O–H groups in total. The van der Waals surface area contributed by atoms with Crippen molar-refractivity contribution >= 4 is 5.97 Å². The van der Waals surface area contributed by atoms with Gasteiger partial charge in [-0.05, 0) is 25.1 Å². The number of benzene rings is 1. The average Bonchev–Trinajstić information content (AvgIpc) is 2.08. The Hall–Kier alpha value is -1.62. The lowest BCUT2D eigenvalue weighted by Gasteiger charge is -2.20. The zero-order valence-electron chi connectivity index (χ0n) is 7.49. The zero-order chi connectivity index (χ0) is 10.9. The summed E-state index contributed by atoms with van der Waals surface area (Å²) in [5.41, 5.74) is 3.48. The first-order valence-corrected chi connectivity index (χ1v) is 3.87. The summed E-state index contributed by atoms with van der Waals surface area (Å²) in [7, 11) is 0. The molecule has 1 aromatic carbocycles. The van der Waals surface area contributed by atoms with Crippen LogP contribution >= 0.6 is 0 Å². The lowest BCUT2D eigenvalue weighted by Crippen LogP contribution is -2.41. The molecule has 0 amide bonds. The first-order chi connectivity index (χ1) is 6.35. The summed E-state index contributed by atoms with van der Waals surface area (Å²) in [4.78, 5) is 10.7. The van der Waals surface area contributed by atoms with Gasteiger partial charge in [0.25, 0.3) is 0 Å². The van der Waals surface area contributed by atoms with Crippen molar-refractivity contribution < 1.29 is 19.4 Å². The monoisotopic (exact) mass is 199 g/mol. The fraction of sp³-hybridized carbons (Fsp3) is 0.222.